The number of rotatable bonds is 3. The molecule has 3 rings (SSSR count). The van der Waals surface area contributed by atoms with Crippen molar-refractivity contribution in [2.24, 2.45) is 4.99 Å². The number of hydrazine groups is 1. The number of aliphatic imine (C=N–C) groups is 1. The maximum Gasteiger partial charge on any atom is 0.144 e. The van der Waals surface area contributed by atoms with Crippen LogP contribution in [0.15, 0.2) is 35.7 Å². The van der Waals surface area contributed by atoms with Gasteiger partial charge in [0.2, 0.25) is 0 Å². The quantitative estimate of drug-likeness (QED) is 0.885. The second kappa shape index (κ2) is 4.97. The average Bonchev–Trinajstić information content (AvgIpc) is 3.07. The van der Waals surface area contributed by atoms with E-state index in [-0.39, 0.29) is 6.17 Å². The van der Waals surface area contributed by atoms with Gasteiger partial charge in [-0.3, -0.25) is 0 Å². The van der Waals surface area contributed by atoms with Crippen molar-refractivity contribution in [1.82, 2.24) is 20.4 Å². The van der Waals surface area contributed by atoms with Gasteiger partial charge in [0.25, 0.3) is 0 Å². The lowest BCUT2D eigenvalue weighted by atomic mass is 10.1. The maximum atomic E-state index is 5.48. The van der Waals surface area contributed by atoms with Gasteiger partial charge in [-0.1, -0.05) is 0 Å². The molecule has 0 amide bonds. The second-order valence-electron chi connectivity index (χ2n) is 4.73. The smallest absolute Gasteiger partial charge is 0.144 e. The molecule has 1 aliphatic heterocycles. The molecule has 1 aromatic heterocycles. The number of aryl methyl sites for hydroxylation is 1. The van der Waals surface area contributed by atoms with Crippen LogP contribution in [0.5, 0.6) is 5.75 Å². The minimum atomic E-state index is 0.0759. The van der Waals surface area contributed by atoms with E-state index >= 15 is 0 Å². The highest BCUT2D eigenvalue weighted by Gasteiger charge is 2.15. The number of aromatic nitrogens is 2. The normalized spacial score (nSPS) is 17.8. The Balaban J connectivity index is 2.00. The summed E-state index contributed by atoms with van der Waals surface area (Å²) in [5.41, 5.74) is 9.02. The molecule has 6 heteroatoms. The lowest BCUT2D eigenvalue weighted by Crippen LogP contribution is -2.33. The zero-order valence-corrected chi connectivity index (χ0v) is 11.7. The van der Waals surface area contributed by atoms with Crippen molar-refractivity contribution < 1.29 is 4.74 Å². The van der Waals surface area contributed by atoms with Crippen LogP contribution in [0.25, 0.3) is 5.69 Å². The van der Waals surface area contributed by atoms with E-state index in [0.29, 0.717) is 0 Å². The lowest BCUT2D eigenvalue weighted by molar-refractivity contribution is 0.413. The van der Waals surface area contributed by atoms with E-state index in [2.05, 4.69) is 20.8 Å². The molecule has 1 aromatic carbocycles. The molecule has 20 heavy (non-hydrogen) atoms. The Morgan fingerprint density at radius 2 is 2.20 bits per heavy atom. The van der Waals surface area contributed by atoms with E-state index in [9.17, 15) is 0 Å². The van der Waals surface area contributed by atoms with E-state index in [0.717, 1.165) is 28.5 Å². The summed E-state index contributed by atoms with van der Waals surface area (Å²) < 4.78 is 7.43. The van der Waals surface area contributed by atoms with Crippen molar-refractivity contribution in [3.63, 3.8) is 0 Å². The number of nitrogens with one attached hydrogen (secondary N) is 2. The van der Waals surface area contributed by atoms with Crippen LogP contribution in [0.1, 0.15) is 18.2 Å². The first-order chi connectivity index (χ1) is 9.67. The SMILES string of the molecule is COc1cc(C2=NC(C)NN2)ccc1-n1cnc(C)c1. The summed E-state index contributed by atoms with van der Waals surface area (Å²) >= 11 is 0. The molecule has 0 spiro atoms. The number of amidine groups is 1. The molecule has 0 saturated carbocycles. The standard InChI is InChI=1S/C14H17N5O/c1-9-7-19(8-15-9)12-5-4-11(6-13(12)20-3)14-16-10(2)17-18-14/h4-8,10,17H,1-3H3,(H,16,18). The van der Waals surface area contributed by atoms with Gasteiger partial charge in [-0.25, -0.2) is 15.4 Å². The fraction of sp³-hybridized carbons (Fsp3) is 0.286. The Morgan fingerprint density at radius 3 is 2.80 bits per heavy atom. The van der Waals surface area contributed by atoms with Crippen LogP contribution >= 0.6 is 0 Å². The van der Waals surface area contributed by atoms with Crippen molar-refractivity contribution in [2.45, 2.75) is 20.0 Å². The zero-order chi connectivity index (χ0) is 14.1. The summed E-state index contributed by atoms with van der Waals surface area (Å²) in [5, 5.41) is 0. The average molecular weight is 271 g/mol. The van der Waals surface area contributed by atoms with E-state index < -0.39 is 0 Å². The predicted molar refractivity (Wildman–Crippen MR) is 77.1 cm³/mol. The molecule has 6 nitrogen and oxygen atoms in total. The first-order valence-electron chi connectivity index (χ1n) is 6.46. The fourth-order valence-corrected chi connectivity index (χ4v) is 2.17. The van der Waals surface area contributed by atoms with Crippen molar-refractivity contribution in [1.29, 1.82) is 0 Å². The van der Waals surface area contributed by atoms with Crippen LogP contribution < -0.4 is 15.6 Å². The first kappa shape index (κ1) is 12.7. The van der Waals surface area contributed by atoms with Gasteiger partial charge in [0.05, 0.1) is 24.8 Å². The summed E-state index contributed by atoms with van der Waals surface area (Å²) in [6, 6.07) is 5.98. The number of benzene rings is 1. The molecule has 2 heterocycles. The Hall–Kier alpha value is -2.34. The molecule has 0 bridgehead atoms. The predicted octanol–water partition coefficient (Wildman–Crippen LogP) is 1.39. The highest BCUT2D eigenvalue weighted by molar-refractivity contribution is 6.00. The molecule has 104 valence electrons. The Kier molecular flexibility index (Phi) is 3.15. The maximum absolute atomic E-state index is 5.48. The van der Waals surface area contributed by atoms with E-state index in [1.807, 2.05) is 42.8 Å². The molecule has 1 unspecified atom stereocenters. The molecular weight excluding hydrogens is 254 g/mol. The van der Waals surface area contributed by atoms with E-state index in [1.54, 1.807) is 13.4 Å². The lowest BCUT2D eigenvalue weighted by Gasteiger charge is -2.11. The zero-order valence-electron chi connectivity index (χ0n) is 11.7. The van der Waals surface area contributed by atoms with Gasteiger partial charge in [0.1, 0.15) is 17.8 Å². The highest BCUT2D eigenvalue weighted by Crippen LogP contribution is 2.25. The van der Waals surface area contributed by atoms with E-state index in [1.165, 1.54) is 0 Å². The number of hydrogen-bond donors (Lipinski definition) is 2. The summed E-state index contributed by atoms with van der Waals surface area (Å²) in [6.07, 6.45) is 3.82. The Bertz CT molecular complexity index is 661. The number of nitrogens with zero attached hydrogens (tertiary/aromatic N) is 3. The summed E-state index contributed by atoms with van der Waals surface area (Å²) in [7, 11) is 1.66. The first-order valence-corrected chi connectivity index (χ1v) is 6.46. The minimum absolute atomic E-state index is 0.0759. The summed E-state index contributed by atoms with van der Waals surface area (Å²) in [5.74, 6) is 1.60. The number of hydrogen-bond acceptors (Lipinski definition) is 5. The van der Waals surface area contributed by atoms with Crippen LogP contribution in [-0.2, 0) is 0 Å². The Labute approximate surface area is 117 Å². The van der Waals surface area contributed by atoms with E-state index in [4.69, 9.17) is 4.74 Å². The van der Waals surface area contributed by atoms with Gasteiger partial charge < -0.3 is 14.7 Å². The largest absolute Gasteiger partial charge is 0.495 e. The molecule has 1 aliphatic rings. The van der Waals surface area contributed by atoms with Crippen LogP contribution in [0.3, 0.4) is 0 Å². The molecule has 0 saturated heterocycles. The molecule has 0 aliphatic carbocycles. The van der Waals surface area contributed by atoms with Crippen LogP contribution in [0.4, 0.5) is 0 Å². The summed E-state index contributed by atoms with van der Waals surface area (Å²) in [4.78, 5) is 8.70. The second-order valence-corrected chi connectivity index (χ2v) is 4.73. The number of imidazole rings is 1. The molecule has 0 fully saturated rings. The van der Waals surface area contributed by atoms with Crippen LogP contribution in [0, 0.1) is 6.92 Å². The third-order valence-corrected chi connectivity index (χ3v) is 3.17. The van der Waals surface area contributed by atoms with Crippen molar-refractivity contribution >= 4 is 5.84 Å². The van der Waals surface area contributed by atoms with Gasteiger partial charge in [-0.15, -0.1) is 0 Å². The van der Waals surface area contributed by atoms with Gasteiger partial charge in [-0.05, 0) is 32.0 Å². The third kappa shape index (κ3) is 2.25. The molecule has 0 radical (unpaired) electrons. The van der Waals surface area contributed by atoms with Gasteiger partial charge in [-0.2, -0.15) is 0 Å². The van der Waals surface area contributed by atoms with Gasteiger partial charge in [0, 0.05) is 11.8 Å². The minimum Gasteiger partial charge on any atom is -0.495 e. The van der Waals surface area contributed by atoms with Crippen molar-refractivity contribution in [2.75, 3.05) is 7.11 Å². The number of methoxy groups -OCH3 is 1. The van der Waals surface area contributed by atoms with Crippen LogP contribution in [-0.4, -0.2) is 28.7 Å². The fourth-order valence-electron chi connectivity index (χ4n) is 2.17. The van der Waals surface area contributed by atoms with Crippen LogP contribution in [0.2, 0.25) is 0 Å². The molecular formula is C14H17N5O. The van der Waals surface area contributed by atoms with Crippen molar-refractivity contribution in [3.05, 3.63) is 42.0 Å². The number of ether oxygens (including phenoxy) is 1. The third-order valence-electron chi connectivity index (χ3n) is 3.17. The molecule has 2 aromatic rings. The molecule has 2 N–H and O–H groups in total. The topological polar surface area (TPSA) is 63.5 Å². The van der Waals surface area contributed by atoms with Gasteiger partial charge >= 0.3 is 0 Å². The highest BCUT2D eigenvalue weighted by atomic mass is 16.5. The van der Waals surface area contributed by atoms with Gasteiger partial charge in [0.15, 0.2) is 0 Å². The Morgan fingerprint density at radius 1 is 1.35 bits per heavy atom. The summed E-state index contributed by atoms with van der Waals surface area (Å²) in [6.45, 7) is 3.95. The monoisotopic (exact) mass is 271 g/mol. The molecule has 1 atom stereocenters. The van der Waals surface area contributed by atoms with Crippen molar-refractivity contribution in [3.8, 4) is 11.4 Å².